The molecule has 16 heavy (non-hydrogen) atoms. The van der Waals surface area contributed by atoms with E-state index in [0.29, 0.717) is 0 Å². The lowest BCUT2D eigenvalue weighted by molar-refractivity contribution is 0.385. The van der Waals surface area contributed by atoms with Crippen molar-refractivity contribution in [1.29, 1.82) is 0 Å². The third-order valence-electron chi connectivity index (χ3n) is 3.75. The monoisotopic (exact) mass is 228 g/mol. The van der Waals surface area contributed by atoms with Crippen LogP contribution in [-0.4, -0.2) is 24.2 Å². The zero-order valence-electron chi connectivity index (χ0n) is 10.3. The van der Waals surface area contributed by atoms with E-state index in [1.807, 2.05) is 0 Å². The molecule has 4 atom stereocenters. The largest absolute Gasteiger partial charge is 0.326 e. The molecule has 2 rings (SSSR count). The maximum atomic E-state index is 5.65. The first-order valence-electron chi connectivity index (χ1n) is 6.63. The van der Waals surface area contributed by atoms with Crippen molar-refractivity contribution in [2.24, 2.45) is 22.9 Å². The van der Waals surface area contributed by atoms with Gasteiger partial charge >= 0.3 is 0 Å². The van der Waals surface area contributed by atoms with Gasteiger partial charge in [0.1, 0.15) is 0 Å². The summed E-state index contributed by atoms with van der Waals surface area (Å²) in [5.74, 6) is 0. The molecule has 0 amide bonds. The van der Waals surface area contributed by atoms with Crippen molar-refractivity contribution in [1.82, 2.24) is 0 Å². The van der Waals surface area contributed by atoms with E-state index in [1.54, 1.807) is 0 Å². The van der Waals surface area contributed by atoms with Crippen molar-refractivity contribution in [3.8, 4) is 0 Å². The molecule has 0 radical (unpaired) electrons. The van der Waals surface area contributed by atoms with Gasteiger partial charge in [-0.05, 0) is 25.7 Å². The Morgan fingerprint density at radius 1 is 0.438 bits per heavy atom. The SMILES string of the molecule is N[C@@H]1CCCC[C@H]1N.N[C@@H]1CCCC[C@H]1N. The number of nitrogens with two attached hydrogens (primary N) is 4. The Morgan fingerprint density at radius 3 is 0.750 bits per heavy atom. The lowest BCUT2D eigenvalue weighted by atomic mass is 9.92. The highest BCUT2D eigenvalue weighted by molar-refractivity contribution is 4.80. The predicted octanol–water partition coefficient (Wildman–Crippen LogP) is 0.430. The predicted molar refractivity (Wildman–Crippen MR) is 68.8 cm³/mol. The van der Waals surface area contributed by atoms with Crippen molar-refractivity contribution >= 4 is 0 Å². The molecule has 4 nitrogen and oxygen atoms in total. The van der Waals surface area contributed by atoms with E-state index in [2.05, 4.69) is 0 Å². The Hall–Kier alpha value is -0.160. The van der Waals surface area contributed by atoms with E-state index in [-0.39, 0.29) is 24.2 Å². The van der Waals surface area contributed by atoms with Gasteiger partial charge < -0.3 is 22.9 Å². The number of rotatable bonds is 0. The minimum atomic E-state index is 0.281. The molecule has 0 saturated heterocycles. The normalized spacial score (nSPS) is 39.8. The van der Waals surface area contributed by atoms with Crippen LogP contribution in [0.4, 0.5) is 0 Å². The maximum Gasteiger partial charge on any atom is 0.0192 e. The Morgan fingerprint density at radius 2 is 0.625 bits per heavy atom. The fourth-order valence-electron chi connectivity index (χ4n) is 2.38. The molecule has 0 aromatic carbocycles. The molecule has 0 aliphatic heterocycles. The molecule has 0 unspecified atom stereocenters. The van der Waals surface area contributed by atoms with Crippen LogP contribution in [0, 0.1) is 0 Å². The van der Waals surface area contributed by atoms with Crippen molar-refractivity contribution < 1.29 is 0 Å². The molecule has 4 heteroatoms. The van der Waals surface area contributed by atoms with Gasteiger partial charge in [0.05, 0.1) is 0 Å². The second kappa shape index (κ2) is 7.22. The molecular formula is C12H28N4. The van der Waals surface area contributed by atoms with E-state index in [1.165, 1.54) is 25.7 Å². The summed E-state index contributed by atoms with van der Waals surface area (Å²) in [5.41, 5.74) is 22.6. The highest BCUT2D eigenvalue weighted by Crippen LogP contribution is 2.14. The summed E-state index contributed by atoms with van der Waals surface area (Å²) < 4.78 is 0. The topological polar surface area (TPSA) is 104 Å². The molecule has 2 fully saturated rings. The van der Waals surface area contributed by atoms with E-state index in [4.69, 9.17) is 22.9 Å². The third-order valence-corrected chi connectivity index (χ3v) is 3.75. The van der Waals surface area contributed by atoms with Gasteiger partial charge in [-0.2, -0.15) is 0 Å². The van der Waals surface area contributed by atoms with Gasteiger partial charge in [-0.25, -0.2) is 0 Å². The van der Waals surface area contributed by atoms with Gasteiger partial charge in [-0.3, -0.25) is 0 Å². The van der Waals surface area contributed by atoms with Crippen LogP contribution >= 0.6 is 0 Å². The molecule has 2 aliphatic rings. The fraction of sp³-hybridized carbons (Fsp3) is 1.00. The van der Waals surface area contributed by atoms with E-state index in [0.717, 1.165) is 25.7 Å². The van der Waals surface area contributed by atoms with Gasteiger partial charge in [-0.1, -0.05) is 25.7 Å². The first-order valence-corrected chi connectivity index (χ1v) is 6.63. The molecular weight excluding hydrogens is 200 g/mol. The van der Waals surface area contributed by atoms with Crippen LogP contribution in [0.15, 0.2) is 0 Å². The van der Waals surface area contributed by atoms with Crippen molar-refractivity contribution in [2.75, 3.05) is 0 Å². The number of hydrogen-bond acceptors (Lipinski definition) is 4. The summed E-state index contributed by atoms with van der Waals surface area (Å²) in [6, 6.07) is 1.12. The summed E-state index contributed by atoms with van der Waals surface area (Å²) in [7, 11) is 0. The quantitative estimate of drug-likeness (QED) is 0.482. The zero-order valence-corrected chi connectivity index (χ0v) is 10.3. The molecule has 2 saturated carbocycles. The molecule has 0 spiro atoms. The van der Waals surface area contributed by atoms with Gasteiger partial charge in [0.2, 0.25) is 0 Å². The lowest BCUT2D eigenvalue weighted by Gasteiger charge is -2.24. The summed E-state index contributed by atoms with van der Waals surface area (Å²) in [6.07, 6.45) is 9.60. The standard InChI is InChI=1S/2C6H14N2/c2*7-5-3-1-2-4-6(5)8/h2*5-6H,1-4,7-8H2/t2*5-,6-/m11/s1. The smallest absolute Gasteiger partial charge is 0.0192 e. The first-order chi connectivity index (χ1) is 7.61. The summed E-state index contributed by atoms with van der Waals surface area (Å²) >= 11 is 0. The fourth-order valence-corrected chi connectivity index (χ4v) is 2.38. The minimum Gasteiger partial charge on any atom is -0.326 e. The van der Waals surface area contributed by atoms with Crippen LogP contribution in [0.3, 0.4) is 0 Å². The van der Waals surface area contributed by atoms with Crippen LogP contribution in [0.25, 0.3) is 0 Å². The molecule has 2 aliphatic carbocycles. The van der Waals surface area contributed by atoms with E-state index in [9.17, 15) is 0 Å². The Bertz CT molecular complexity index is 146. The molecule has 0 heterocycles. The second-order valence-corrected chi connectivity index (χ2v) is 5.22. The van der Waals surface area contributed by atoms with Crippen LogP contribution in [0.2, 0.25) is 0 Å². The highest BCUT2D eigenvalue weighted by atomic mass is 14.8. The van der Waals surface area contributed by atoms with E-state index >= 15 is 0 Å². The Kier molecular flexibility index (Phi) is 6.28. The van der Waals surface area contributed by atoms with Gasteiger partial charge in [-0.15, -0.1) is 0 Å². The molecule has 96 valence electrons. The van der Waals surface area contributed by atoms with E-state index < -0.39 is 0 Å². The van der Waals surface area contributed by atoms with Gasteiger partial charge in [0.15, 0.2) is 0 Å². The molecule has 8 N–H and O–H groups in total. The first kappa shape index (κ1) is 13.9. The summed E-state index contributed by atoms with van der Waals surface area (Å²) in [6.45, 7) is 0. The van der Waals surface area contributed by atoms with Crippen LogP contribution in [0.5, 0.6) is 0 Å². The summed E-state index contributed by atoms with van der Waals surface area (Å²) in [5, 5.41) is 0. The average Bonchev–Trinajstić information content (AvgIpc) is 2.28. The van der Waals surface area contributed by atoms with Crippen molar-refractivity contribution in [3.05, 3.63) is 0 Å². The van der Waals surface area contributed by atoms with Crippen LogP contribution in [0.1, 0.15) is 51.4 Å². The van der Waals surface area contributed by atoms with Gasteiger partial charge in [0, 0.05) is 24.2 Å². The second-order valence-electron chi connectivity index (χ2n) is 5.22. The number of hydrogen-bond donors (Lipinski definition) is 4. The van der Waals surface area contributed by atoms with Crippen LogP contribution < -0.4 is 22.9 Å². The lowest BCUT2D eigenvalue weighted by Crippen LogP contribution is -2.43. The average molecular weight is 228 g/mol. The van der Waals surface area contributed by atoms with Crippen molar-refractivity contribution in [2.45, 2.75) is 75.5 Å². The third kappa shape index (κ3) is 4.78. The highest BCUT2D eigenvalue weighted by Gasteiger charge is 2.17. The minimum absolute atomic E-state index is 0.281. The Balaban J connectivity index is 0.000000160. The Labute approximate surface area is 99.1 Å². The molecule has 0 aromatic rings. The maximum absolute atomic E-state index is 5.65. The molecule has 0 aromatic heterocycles. The summed E-state index contributed by atoms with van der Waals surface area (Å²) in [4.78, 5) is 0. The van der Waals surface area contributed by atoms with Gasteiger partial charge in [0.25, 0.3) is 0 Å². The van der Waals surface area contributed by atoms with Crippen molar-refractivity contribution in [3.63, 3.8) is 0 Å². The van der Waals surface area contributed by atoms with Crippen LogP contribution in [-0.2, 0) is 0 Å². The zero-order chi connectivity index (χ0) is 12.0. The molecule has 0 bridgehead atoms.